The summed E-state index contributed by atoms with van der Waals surface area (Å²) in [6, 6.07) is 6.58. The molecule has 0 atom stereocenters. The van der Waals surface area contributed by atoms with E-state index in [1.54, 1.807) is 0 Å². The van der Waals surface area contributed by atoms with Gasteiger partial charge in [-0.25, -0.2) is 0 Å². The number of unbranched alkanes of at least 4 members (excludes halogenated alkanes) is 1. The van der Waals surface area contributed by atoms with Gasteiger partial charge in [0.05, 0.1) is 0 Å². The van der Waals surface area contributed by atoms with Crippen molar-refractivity contribution in [1.29, 1.82) is 0 Å². The Morgan fingerprint density at radius 1 is 1.23 bits per heavy atom. The van der Waals surface area contributed by atoms with Crippen molar-refractivity contribution < 1.29 is 0 Å². The van der Waals surface area contributed by atoms with Crippen LogP contribution in [-0.2, 0) is 0 Å². The van der Waals surface area contributed by atoms with Crippen molar-refractivity contribution in [2.24, 2.45) is 0 Å². The predicted octanol–water partition coefficient (Wildman–Crippen LogP) is 4.12. The van der Waals surface area contributed by atoms with Gasteiger partial charge in [-0.1, -0.05) is 49.3 Å². The number of hydrogen-bond acceptors (Lipinski definition) is 0. The van der Waals surface area contributed by atoms with E-state index in [0.29, 0.717) is 0 Å². The van der Waals surface area contributed by atoms with Crippen LogP contribution in [0.1, 0.15) is 36.5 Å². The number of aryl methyl sites for hydroxylation is 2. The number of hydrogen-bond donors (Lipinski definition) is 0. The van der Waals surface area contributed by atoms with Crippen molar-refractivity contribution in [1.82, 2.24) is 0 Å². The van der Waals surface area contributed by atoms with Crippen LogP contribution in [0.5, 0.6) is 0 Å². The maximum atomic E-state index is 2.25. The smallest absolute Gasteiger partial charge is 0.0228 e. The van der Waals surface area contributed by atoms with Gasteiger partial charge < -0.3 is 0 Å². The lowest BCUT2D eigenvalue weighted by Crippen LogP contribution is -1.81. The Morgan fingerprint density at radius 3 is 2.69 bits per heavy atom. The second kappa shape index (κ2) is 4.86. The third-order valence-corrected chi connectivity index (χ3v) is 2.19. The molecule has 0 aromatic heterocycles. The lowest BCUT2D eigenvalue weighted by molar-refractivity contribution is 0.962. The highest BCUT2D eigenvalue weighted by Gasteiger charge is 1.92. The van der Waals surface area contributed by atoms with Crippen molar-refractivity contribution in [2.75, 3.05) is 0 Å². The summed E-state index contributed by atoms with van der Waals surface area (Å²) in [5.74, 6) is 0. The summed E-state index contributed by atoms with van der Waals surface area (Å²) >= 11 is 0. The van der Waals surface area contributed by atoms with Crippen LogP contribution >= 0.6 is 0 Å². The van der Waals surface area contributed by atoms with E-state index in [2.05, 4.69) is 51.1 Å². The van der Waals surface area contributed by atoms with Gasteiger partial charge in [-0.05, 0) is 31.4 Å². The van der Waals surface area contributed by atoms with Crippen LogP contribution in [-0.4, -0.2) is 0 Å². The summed E-state index contributed by atoms with van der Waals surface area (Å²) in [6.45, 7) is 6.50. The lowest BCUT2D eigenvalue weighted by Gasteiger charge is -2.01. The molecule has 0 heterocycles. The Labute approximate surface area is 81.3 Å². The first-order chi connectivity index (χ1) is 6.24. The van der Waals surface area contributed by atoms with Crippen molar-refractivity contribution in [2.45, 2.75) is 33.6 Å². The highest BCUT2D eigenvalue weighted by molar-refractivity contribution is 5.54. The SMILES string of the molecule is CCCC=Cc1cc(C)ccc1C. The molecule has 0 nitrogen and oxygen atoms in total. The van der Waals surface area contributed by atoms with E-state index in [1.807, 2.05) is 0 Å². The Hall–Kier alpha value is -1.04. The van der Waals surface area contributed by atoms with Crippen molar-refractivity contribution in [3.05, 3.63) is 41.0 Å². The zero-order valence-corrected chi connectivity index (χ0v) is 8.80. The third-order valence-electron chi connectivity index (χ3n) is 2.19. The molecule has 0 spiro atoms. The van der Waals surface area contributed by atoms with Crippen LogP contribution in [0.3, 0.4) is 0 Å². The Kier molecular flexibility index (Phi) is 3.75. The second-order valence-corrected chi connectivity index (χ2v) is 3.55. The first kappa shape index (κ1) is 10.0. The first-order valence-corrected chi connectivity index (χ1v) is 4.98. The van der Waals surface area contributed by atoms with Crippen LogP contribution in [0.2, 0.25) is 0 Å². The van der Waals surface area contributed by atoms with Crippen LogP contribution in [0, 0.1) is 13.8 Å². The Morgan fingerprint density at radius 2 is 2.00 bits per heavy atom. The van der Waals surface area contributed by atoms with Gasteiger partial charge in [-0.2, -0.15) is 0 Å². The van der Waals surface area contributed by atoms with Gasteiger partial charge in [0.2, 0.25) is 0 Å². The number of allylic oxidation sites excluding steroid dienone is 1. The van der Waals surface area contributed by atoms with Crippen LogP contribution in [0.4, 0.5) is 0 Å². The molecule has 1 aromatic rings. The molecular formula is C13H18. The van der Waals surface area contributed by atoms with Crippen LogP contribution < -0.4 is 0 Å². The molecule has 0 fully saturated rings. The first-order valence-electron chi connectivity index (χ1n) is 4.98. The van der Waals surface area contributed by atoms with Crippen LogP contribution in [0.25, 0.3) is 6.08 Å². The summed E-state index contributed by atoms with van der Waals surface area (Å²) < 4.78 is 0. The van der Waals surface area contributed by atoms with Gasteiger partial charge in [0.25, 0.3) is 0 Å². The molecule has 1 rings (SSSR count). The summed E-state index contributed by atoms with van der Waals surface area (Å²) in [7, 11) is 0. The summed E-state index contributed by atoms with van der Waals surface area (Å²) in [4.78, 5) is 0. The average Bonchev–Trinajstić information content (AvgIpc) is 2.11. The molecule has 0 amide bonds. The molecule has 0 unspecified atom stereocenters. The summed E-state index contributed by atoms with van der Waals surface area (Å²) in [6.07, 6.45) is 6.88. The van der Waals surface area contributed by atoms with Crippen molar-refractivity contribution in [3.63, 3.8) is 0 Å². The number of benzene rings is 1. The standard InChI is InChI=1S/C13H18/c1-4-5-6-7-13-10-11(2)8-9-12(13)3/h6-10H,4-5H2,1-3H3. The molecule has 0 aliphatic carbocycles. The largest absolute Gasteiger partial charge is 0.0839 e. The third kappa shape index (κ3) is 3.06. The minimum Gasteiger partial charge on any atom is -0.0839 e. The normalized spacial score (nSPS) is 11.0. The maximum Gasteiger partial charge on any atom is -0.0228 e. The molecule has 0 bridgehead atoms. The highest BCUT2D eigenvalue weighted by atomic mass is 14.0. The molecule has 0 heteroatoms. The molecule has 70 valence electrons. The number of rotatable bonds is 3. The van der Waals surface area contributed by atoms with E-state index in [9.17, 15) is 0 Å². The fourth-order valence-electron chi connectivity index (χ4n) is 1.32. The fraction of sp³-hybridized carbons (Fsp3) is 0.385. The molecule has 0 radical (unpaired) electrons. The zero-order chi connectivity index (χ0) is 9.68. The van der Waals surface area contributed by atoms with Gasteiger partial charge in [0.15, 0.2) is 0 Å². The van der Waals surface area contributed by atoms with E-state index >= 15 is 0 Å². The molecule has 1 aromatic carbocycles. The van der Waals surface area contributed by atoms with E-state index in [0.717, 1.165) is 0 Å². The van der Waals surface area contributed by atoms with E-state index in [-0.39, 0.29) is 0 Å². The van der Waals surface area contributed by atoms with Crippen molar-refractivity contribution in [3.8, 4) is 0 Å². The topological polar surface area (TPSA) is 0 Å². The molecule has 0 aliphatic heterocycles. The van der Waals surface area contributed by atoms with Gasteiger partial charge in [0.1, 0.15) is 0 Å². The quantitative estimate of drug-likeness (QED) is 0.646. The fourth-order valence-corrected chi connectivity index (χ4v) is 1.32. The predicted molar refractivity (Wildman–Crippen MR) is 59.9 cm³/mol. The maximum absolute atomic E-state index is 2.25. The highest BCUT2D eigenvalue weighted by Crippen LogP contribution is 2.12. The van der Waals surface area contributed by atoms with E-state index in [4.69, 9.17) is 0 Å². The van der Waals surface area contributed by atoms with Gasteiger partial charge in [0, 0.05) is 0 Å². The minimum atomic E-state index is 1.17. The molecule has 0 aliphatic rings. The minimum absolute atomic E-state index is 1.17. The Bertz CT molecular complexity index is 295. The zero-order valence-electron chi connectivity index (χ0n) is 8.80. The van der Waals surface area contributed by atoms with Crippen LogP contribution in [0.15, 0.2) is 24.3 Å². The Balaban J connectivity index is 2.81. The lowest BCUT2D eigenvalue weighted by atomic mass is 10.0. The summed E-state index contributed by atoms with van der Waals surface area (Å²) in [5, 5.41) is 0. The van der Waals surface area contributed by atoms with Gasteiger partial charge in [-0.3, -0.25) is 0 Å². The molecule has 0 N–H and O–H groups in total. The second-order valence-electron chi connectivity index (χ2n) is 3.55. The molecule has 0 saturated carbocycles. The molecule has 0 saturated heterocycles. The van der Waals surface area contributed by atoms with E-state index < -0.39 is 0 Å². The summed E-state index contributed by atoms with van der Waals surface area (Å²) in [5.41, 5.74) is 4.05. The molecular weight excluding hydrogens is 156 g/mol. The monoisotopic (exact) mass is 174 g/mol. The van der Waals surface area contributed by atoms with Crippen molar-refractivity contribution >= 4 is 6.08 Å². The molecule has 13 heavy (non-hydrogen) atoms. The van der Waals surface area contributed by atoms with Gasteiger partial charge in [-0.15, -0.1) is 0 Å². The van der Waals surface area contributed by atoms with Gasteiger partial charge >= 0.3 is 0 Å². The van der Waals surface area contributed by atoms with E-state index in [1.165, 1.54) is 29.5 Å². The average molecular weight is 174 g/mol.